The second kappa shape index (κ2) is 7.81. The highest BCUT2D eigenvalue weighted by molar-refractivity contribution is 9.10. The zero-order chi connectivity index (χ0) is 15.2. The molecule has 110 valence electrons. The molecule has 20 heavy (non-hydrogen) atoms. The molecule has 0 spiro atoms. The number of benzene rings is 1. The Morgan fingerprint density at radius 3 is 2.40 bits per heavy atom. The molecule has 1 amide bonds. The molecule has 0 bridgehead atoms. The summed E-state index contributed by atoms with van der Waals surface area (Å²) in [6.45, 7) is 4.54. The quantitative estimate of drug-likeness (QED) is 0.765. The van der Waals surface area contributed by atoms with Gasteiger partial charge in [0, 0.05) is 24.4 Å². The number of alkyl halides is 1. The molecule has 0 unspecified atom stereocenters. The van der Waals surface area contributed by atoms with Crippen LogP contribution in [0.4, 0.5) is 0 Å². The fourth-order valence-electron chi connectivity index (χ4n) is 1.36. The van der Waals surface area contributed by atoms with Crippen molar-refractivity contribution in [1.29, 1.82) is 0 Å². The molecule has 0 aliphatic heterocycles. The average molecular weight is 359 g/mol. The van der Waals surface area contributed by atoms with Gasteiger partial charge in [-0.05, 0) is 31.5 Å². The van der Waals surface area contributed by atoms with E-state index >= 15 is 0 Å². The van der Waals surface area contributed by atoms with E-state index in [9.17, 15) is 9.59 Å². The number of amides is 1. The minimum atomic E-state index is -0.514. The Hall–Kier alpha value is -0.850. The molecule has 0 radical (unpaired) electrons. The van der Waals surface area contributed by atoms with E-state index in [1.165, 1.54) is 11.8 Å². The van der Waals surface area contributed by atoms with Crippen LogP contribution in [0.3, 0.4) is 0 Å². The third kappa shape index (κ3) is 5.64. The molecule has 0 aliphatic rings. The van der Waals surface area contributed by atoms with Gasteiger partial charge in [-0.15, -0.1) is 0 Å². The predicted octanol–water partition coefficient (Wildman–Crippen LogP) is 2.31. The number of rotatable bonds is 6. The third-order valence-electron chi connectivity index (χ3n) is 2.50. The number of thioether (sulfide) groups is 1. The van der Waals surface area contributed by atoms with E-state index in [-0.39, 0.29) is 11.0 Å². The minimum absolute atomic E-state index is 0.0854. The highest BCUT2D eigenvalue weighted by Gasteiger charge is 2.23. The molecular formula is C14H19BrN2O2S. The molecule has 0 aliphatic carbocycles. The highest BCUT2D eigenvalue weighted by atomic mass is 79.9. The van der Waals surface area contributed by atoms with Crippen LogP contribution in [0.1, 0.15) is 29.8 Å². The van der Waals surface area contributed by atoms with Crippen molar-refractivity contribution in [2.24, 2.45) is 5.73 Å². The van der Waals surface area contributed by atoms with Crippen molar-refractivity contribution < 1.29 is 9.59 Å². The molecule has 3 N–H and O–H groups in total. The third-order valence-corrected chi connectivity index (χ3v) is 4.37. The van der Waals surface area contributed by atoms with Crippen LogP contribution in [0.5, 0.6) is 0 Å². The topological polar surface area (TPSA) is 72.2 Å². The first-order valence-corrected chi connectivity index (χ1v) is 8.06. The molecule has 1 aromatic rings. The molecule has 0 atom stereocenters. The van der Waals surface area contributed by atoms with Crippen LogP contribution in [0.2, 0.25) is 0 Å². The Morgan fingerprint density at radius 1 is 1.30 bits per heavy atom. The van der Waals surface area contributed by atoms with Gasteiger partial charge in [-0.25, -0.2) is 0 Å². The first-order valence-electron chi connectivity index (χ1n) is 6.28. The van der Waals surface area contributed by atoms with E-state index < -0.39 is 4.32 Å². The van der Waals surface area contributed by atoms with Gasteiger partial charge < -0.3 is 11.1 Å². The van der Waals surface area contributed by atoms with Gasteiger partial charge in [0.25, 0.3) is 5.91 Å². The maximum atomic E-state index is 11.8. The van der Waals surface area contributed by atoms with E-state index in [4.69, 9.17) is 5.73 Å². The van der Waals surface area contributed by atoms with Crippen molar-refractivity contribution in [3.05, 3.63) is 35.4 Å². The van der Waals surface area contributed by atoms with Crippen molar-refractivity contribution in [3.63, 3.8) is 0 Å². The second-order valence-electron chi connectivity index (χ2n) is 4.79. The molecule has 0 aromatic heterocycles. The summed E-state index contributed by atoms with van der Waals surface area (Å²) >= 11 is 4.60. The average Bonchev–Trinajstić information content (AvgIpc) is 2.41. The van der Waals surface area contributed by atoms with Gasteiger partial charge in [0.2, 0.25) is 5.12 Å². The monoisotopic (exact) mass is 358 g/mol. The maximum absolute atomic E-state index is 11.8. The normalized spacial score (nSPS) is 11.2. The van der Waals surface area contributed by atoms with E-state index in [1.807, 2.05) is 26.0 Å². The smallest absolute Gasteiger partial charge is 0.251 e. The molecule has 4 nitrogen and oxygen atoms in total. The van der Waals surface area contributed by atoms with Crippen molar-refractivity contribution in [1.82, 2.24) is 5.32 Å². The van der Waals surface area contributed by atoms with Crippen LogP contribution in [-0.4, -0.2) is 28.4 Å². The van der Waals surface area contributed by atoms with Gasteiger partial charge >= 0.3 is 0 Å². The first kappa shape index (κ1) is 17.2. The summed E-state index contributed by atoms with van der Waals surface area (Å²) in [5.41, 5.74) is 6.94. The van der Waals surface area contributed by atoms with E-state index in [1.54, 1.807) is 12.1 Å². The Bertz CT molecular complexity index is 469. The lowest BCUT2D eigenvalue weighted by molar-refractivity contribution is -0.112. The van der Waals surface area contributed by atoms with E-state index in [2.05, 4.69) is 21.2 Å². The molecule has 0 saturated heterocycles. The summed E-state index contributed by atoms with van der Waals surface area (Å²) in [4.78, 5) is 23.5. The van der Waals surface area contributed by atoms with Crippen LogP contribution in [0.25, 0.3) is 0 Å². The minimum Gasteiger partial charge on any atom is -0.351 e. The Balaban J connectivity index is 2.55. The second-order valence-corrected chi connectivity index (χ2v) is 7.72. The first-order chi connectivity index (χ1) is 9.34. The molecule has 0 fully saturated rings. The number of carbonyl (C=O) groups excluding carboxylic acids is 2. The van der Waals surface area contributed by atoms with Crippen molar-refractivity contribution in [2.75, 3.05) is 13.1 Å². The Morgan fingerprint density at radius 2 is 1.90 bits per heavy atom. The van der Waals surface area contributed by atoms with E-state index in [0.29, 0.717) is 24.4 Å². The fraction of sp³-hybridized carbons (Fsp3) is 0.429. The van der Waals surface area contributed by atoms with Gasteiger partial charge in [0.1, 0.15) is 0 Å². The lowest BCUT2D eigenvalue weighted by Crippen LogP contribution is -2.28. The zero-order valence-electron chi connectivity index (χ0n) is 11.6. The summed E-state index contributed by atoms with van der Waals surface area (Å²) in [7, 11) is 0. The number of hydrogen-bond donors (Lipinski definition) is 2. The zero-order valence-corrected chi connectivity index (χ0v) is 14.0. The van der Waals surface area contributed by atoms with Crippen LogP contribution in [0, 0.1) is 0 Å². The maximum Gasteiger partial charge on any atom is 0.251 e. The number of halogens is 1. The van der Waals surface area contributed by atoms with Crippen LogP contribution in [-0.2, 0) is 10.5 Å². The summed E-state index contributed by atoms with van der Waals surface area (Å²) in [5.74, 6) is 0.464. The lowest BCUT2D eigenvalue weighted by Gasteiger charge is -2.13. The predicted molar refractivity (Wildman–Crippen MR) is 87.1 cm³/mol. The van der Waals surface area contributed by atoms with Crippen LogP contribution >= 0.6 is 27.7 Å². The summed E-state index contributed by atoms with van der Waals surface area (Å²) in [6, 6.07) is 7.23. The van der Waals surface area contributed by atoms with Crippen molar-refractivity contribution in [2.45, 2.75) is 23.9 Å². The fourth-order valence-corrected chi connectivity index (χ4v) is 2.54. The summed E-state index contributed by atoms with van der Waals surface area (Å²) in [6.07, 6.45) is 0. The lowest BCUT2D eigenvalue weighted by atomic mass is 10.1. The van der Waals surface area contributed by atoms with Gasteiger partial charge in [-0.3, -0.25) is 9.59 Å². The Kier molecular flexibility index (Phi) is 6.71. The molecular weight excluding hydrogens is 340 g/mol. The van der Waals surface area contributed by atoms with Gasteiger partial charge in [0.15, 0.2) is 0 Å². The molecule has 1 rings (SSSR count). The molecule has 1 aromatic carbocycles. The molecule has 6 heteroatoms. The Labute approximate surface area is 132 Å². The highest BCUT2D eigenvalue weighted by Crippen LogP contribution is 2.26. The summed E-state index contributed by atoms with van der Waals surface area (Å²) < 4.78 is -0.514. The molecule has 0 heterocycles. The van der Waals surface area contributed by atoms with E-state index in [0.717, 1.165) is 5.56 Å². The van der Waals surface area contributed by atoms with Crippen molar-refractivity contribution in [3.8, 4) is 0 Å². The van der Waals surface area contributed by atoms with Gasteiger partial charge in [-0.2, -0.15) is 0 Å². The van der Waals surface area contributed by atoms with Crippen LogP contribution in [0.15, 0.2) is 24.3 Å². The van der Waals surface area contributed by atoms with Crippen LogP contribution < -0.4 is 11.1 Å². The molecule has 0 saturated carbocycles. The van der Waals surface area contributed by atoms with Gasteiger partial charge in [0.05, 0.1) is 4.32 Å². The number of nitrogens with two attached hydrogens (primary N) is 1. The SMILES string of the molecule is CC(C)(Br)C(=O)SCc1ccc(C(=O)NCCN)cc1. The number of nitrogens with one attached hydrogen (secondary N) is 1. The number of carbonyl (C=O) groups is 2. The largest absolute Gasteiger partial charge is 0.351 e. The van der Waals surface area contributed by atoms with Crippen molar-refractivity contribution >= 4 is 38.7 Å². The summed E-state index contributed by atoms with van der Waals surface area (Å²) in [5, 5.41) is 2.79. The van der Waals surface area contributed by atoms with Gasteiger partial charge in [-0.1, -0.05) is 39.8 Å². The standard InChI is InChI=1S/C14H19BrN2O2S/c1-14(2,15)13(19)20-9-10-3-5-11(6-4-10)12(18)17-8-7-16/h3-6H,7-9,16H2,1-2H3,(H,17,18). The number of hydrogen-bond acceptors (Lipinski definition) is 4.